The molecule has 3 aliphatic rings. The van der Waals surface area contributed by atoms with Crippen molar-refractivity contribution < 1.29 is 12.6 Å². The van der Waals surface area contributed by atoms with Gasteiger partial charge in [-0.15, -0.1) is 0 Å². The number of hydrogen-bond acceptors (Lipinski definition) is 3. The van der Waals surface area contributed by atoms with E-state index in [1.54, 1.807) is 17.2 Å². The molecule has 0 saturated heterocycles. The number of allylic oxidation sites excluding steroid dienone is 2. The summed E-state index contributed by atoms with van der Waals surface area (Å²) in [5.41, 5.74) is 6.36. The second kappa shape index (κ2) is 6.88. The molecular weight excluding hydrogens is 370 g/mol. The lowest BCUT2D eigenvalue weighted by Gasteiger charge is -2.50. The van der Waals surface area contributed by atoms with Crippen molar-refractivity contribution in [3.05, 3.63) is 40.5 Å². The van der Waals surface area contributed by atoms with Crippen LogP contribution in [-0.4, -0.2) is 8.42 Å². The first-order valence-electron chi connectivity index (χ1n) is 10.7. The predicted molar refractivity (Wildman–Crippen MR) is 112 cm³/mol. The van der Waals surface area contributed by atoms with Gasteiger partial charge in [0.15, 0.2) is 0 Å². The zero-order valence-corrected chi connectivity index (χ0v) is 18.3. The molecule has 4 atom stereocenters. The fourth-order valence-corrected chi connectivity index (χ4v) is 6.93. The topological polar surface area (TPSA) is 69.4 Å². The van der Waals surface area contributed by atoms with Gasteiger partial charge < -0.3 is 4.18 Å². The first kappa shape index (κ1) is 20.0. The monoisotopic (exact) mass is 403 g/mol. The minimum Gasteiger partial charge on any atom is -0.371 e. The van der Waals surface area contributed by atoms with Crippen molar-refractivity contribution in [2.24, 2.45) is 28.3 Å². The van der Waals surface area contributed by atoms with Crippen molar-refractivity contribution in [2.45, 2.75) is 72.1 Å². The van der Waals surface area contributed by atoms with Gasteiger partial charge in [0, 0.05) is 0 Å². The van der Waals surface area contributed by atoms with Gasteiger partial charge in [0.05, 0.1) is 0 Å². The fraction of sp³-hybridized carbons (Fsp3) is 0.652. The molecule has 4 unspecified atom stereocenters. The summed E-state index contributed by atoms with van der Waals surface area (Å²) >= 11 is 0. The molecule has 28 heavy (non-hydrogen) atoms. The van der Waals surface area contributed by atoms with E-state index in [0.29, 0.717) is 23.0 Å². The summed E-state index contributed by atoms with van der Waals surface area (Å²) in [7, 11) is -3.97. The lowest BCUT2D eigenvalue weighted by Crippen LogP contribution is -2.40. The molecule has 1 aromatic carbocycles. The Labute approximate surface area is 169 Å². The summed E-state index contributed by atoms with van der Waals surface area (Å²) in [5, 5.41) is 5.03. The molecule has 2 N–H and O–H groups in total. The molecule has 154 valence electrons. The molecule has 0 aliphatic heterocycles. The molecule has 0 heterocycles. The van der Waals surface area contributed by atoms with Crippen molar-refractivity contribution in [3.8, 4) is 5.75 Å². The SMILES string of the molecule is C/C(=C1/CCC2C3CCc4cc(OS(N)(=O)=O)ccc4C3CCC12C)C(C)C. The van der Waals surface area contributed by atoms with Gasteiger partial charge in [0.2, 0.25) is 0 Å². The van der Waals surface area contributed by atoms with Crippen LogP contribution < -0.4 is 9.32 Å². The van der Waals surface area contributed by atoms with Gasteiger partial charge in [0.1, 0.15) is 5.75 Å². The lowest BCUT2D eigenvalue weighted by molar-refractivity contribution is 0.0806. The smallest absolute Gasteiger partial charge is 0.371 e. The van der Waals surface area contributed by atoms with Crippen molar-refractivity contribution >= 4 is 10.3 Å². The Bertz CT molecular complexity index is 918. The van der Waals surface area contributed by atoms with Gasteiger partial charge in [-0.05, 0) is 97.8 Å². The minimum atomic E-state index is -3.97. The molecular formula is C23H33NO3S. The molecule has 0 aromatic heterocycles. The fourth-order valence-electron chi connectivity index (χ4n) is 6.55. The molecule has 4 rings (SSSR count). The maximum Gasteiger partial charge on any atom is 0.380 e. The summed E-state index contributed by atoms with van der Waals surface area (Å²) in [6.07, 6.45) is 7.24. The molecule has 1 aromatic rings. The van der Waals surface area contributed by atoms with E-state index in [-0.39, 0.29) is 0 Å². The van der Waals surface area contributed by atoms with Crippen LogP contribution in [-0.2, 0) is 16.7 Å². The minimum absolute atomic E-state index is 0.332. The van der Waals surface area contributed by atoms with E-state index < -0.39 is 10.3 Å². The maximum absolute atomic E-state index is 11.2. The van der Waals surface area contributed by atoms with Gasteiger partial charge >= 0.3 is 10.3 Å². The Balaban J connectivity index is 1.63. The standard InChI is InChI=1S/C23H33NO3S/c1-14(2)15(3)21-9-10-22-20-7-5-16-13-17(27-28(24,25)26)6-8-18(16)19(20)11-12-23(21,22)4/h6,8,13-14,19-20,22H,5,7,9-12H2,1-4H3,(H2,24,25,26)/b21-15+. The third-order valence-corrected chi connectivity index (χ3v) is 8.46. The van der Waals surface area contributed by atoms with E-state index in [1.165, 1.54) is 43.2 Å². The van der Waals surface area contributed by atoms with Gasteiger partial charge in [-0.25, -0.2) is 0 Å². The normalized spacial score (nSPS) is 33.9. The quantitative estimate of drug-likeness (QED) is 0.714. The summed E-state index contributed by atoms with van der Waals surface area (Å²) in [6, 6.07) is 5.73. The lowest BCUT2D eigenvalue weighted by atomic mass is 9.54. The first-order chi connectivity index (χ1) is 13.1. The van der Waals surface area contributed by atoms with Crippen LogP contribution in [0, 0.1) is 23.2 Å². The second-order valence-corrected chi connectivity index (χ2v) is 10.8. The predicted octanol–water partition coefficient (Wildman–Crippen LogP) is 5.10. The Morgan fingerprint density at radius 2 is 1.96 bits per heavy atom. The third-order valence-electron chi connectivity index (χ3n) is 8.04. The third kappa shape index (κ3) is 3.30. The van der Waals surface area contributed by atoms with Crippen LogP contribution in [0.4, 0.5) is 0 Å². The summed E-state index contributed by atoms with van der Waals surface area (Å²) in [6.45, 7) is 9.52. The number of aryl methyl sites for hydroxylation is 1. The molecule has 0 bridgehead atoms. The van der Waals surface area contributed by atoms with Crippen LogP contribution >= 0.6 is 0 Å². The van der Waals surface area contributed by atoms with E-state index >= 15 is 0 Å². The number of fused-ring (bicyclic) bond motifs is 5. The van der Waals surface area contributed by atoms with E-state index in [9.17, 15) is 8.42 Å². The highest BCUT2D eigenvalue weighted by Crippen LogP contribution is 2.63. The van der Waals surface area contributed by atoms with Crippen LogP contribution in [0.5, 0.6) is 5.75 Å². The van der Waals surface area contributed by atoms with Crippen LogP contribution in [0.25, 0.3) is 0 Å². The largest absolute Gasteiger partial charge is 0.380 e. The highest BCUT2D eigenvalue weighted by molar-refractivity contribution is 7.84. The molecule has 2 fully saturated rings. The van der Waals surface area contributed by atoms with E-state index in [1.807, 2.05) is 6.07 Å². The van der Waals surface area contributed by atoms with Crippen molar-refractivity contribution in [1.29, 1.82) is 0 Å². The summed E-state index contributed by atoms with van der Waals surface area (Å²) in [4.78, 5) is 0. The zero-order chi connectivity index (χ0) is 20.3. The van der Waals surface area contributed by atoms with Gasteiger partial charge in [-0.1, -0.05) is 38.0 Å². The maximum atomic E-state index is 11.2. The van der Waals surface area contributed by atoms with E-state index in [2.05, 4.69) is 33.8 Å². The molecule has 0 amide bonds. The molecule has 0 spiro atoms. The molecule has 5 heteroatoms. The van der Waals surface area contributed by atoms with Crippen molar-refractivity contribution in [1.82, 2.24) is 0 Å². The molecule has 3 aliphatic carbocycles. The highest BCUT2D eigenvalue weighted by Gasteiger charge is 2.52. The number of benzene rings is 1. The molecule has 2 saturated carbocycles. The van der Waals surface area contributed by atoms with Gasteiger partial charge in [0.25, 0.3) is 0 Å². The Hall–Kier alpha value is -1.33. The van der Waals surface area contributed by atoms with Crippen LogP contribution in [0.1, 0.15) is 76.8 Å². The number of nitrogens with two attached hydrogens (primary N) is 1. The van der Waals surface area contributed by atoms with Crippen LogP contribution in [0.15, 0.2) is 29.3 Å². The highest BCUT2D eigenvalue weighted by atomic mass is 32.2. The zero-order valence-electron chi connectivity index (χ0n) is 17.5. The van der Waals surface area contributed by atoms with Gasteiger partial charge in [-0.2, -0.15) is 13.6 Å². The second-order valence-electron chi connectivity index (χ2n) is 9.66. The van der Waals surface area contributed by atoms with E-state index in [4.69, 9.17) is 9.32 Å². The van der Waals surface area contributed by atoms with Crippen molar-refractivity contribution in [2.75, 3.05) is 0 Å². The average Bonchev–Trinajstić information content (AvgIpc) is 2.96. The Morgan fingerprint density at radius 1 is 1.21 bits per heavy atom. The summed E-state index contributed by atoms with van der Waals surface area (Å²) < 4.78 is 27.4. The Morgan fingerprint density at radius 3 is 2.64 bits per heavy atom. The van der Waals surface area contributed by atoms with Gasteiger partial charge in [-0.3, -0.25) is 0 Å². The Kier molecular flexibility index (Phi) is 4.90. The number of hydrogen-bond donors (Lipinski definition) is 1. The van der Waals surface area contributed by atoms with Crippen molar-refractivity contribution in [3.63, 3.8) is 0 Å². The average molecular weight is 404 g/mol. The first-order valence-corrected chi connectivity index (χ1v) is 12.1. The molecule has 0 radical (unpaired) electrons. The van der Waals surface area contributed by atoms with E-state index in [0.717, 1.165) is 18.3 Å². The number of rotatable bonds is 3. The molecule has 4 nitrogen and oxygen atoms in total. The summed E-state index contributed by atoms with van der Waals surface area (Å²) in [5.74, 6) is 3.05. The van der Waals surface area contributed by atoms with Crippen LogP contribution in [0.3, 0.4) is 0 Å². The van der Waals surface area contributed by atoms with Crippen LogP contribution in [0.2, 0.25) is 0 Å².